The number of hydrogen-bond donors (Lipinski definition) is 3. The average molecular weight is 314 g/mol. The van der Waals surface area contributed by atoms with E-state index in [0.29, 0.717) is 0 Å². The van der Waals surface area contributed by atoms with Gasteiger partial charge in [-0.25, -0.2) is 0 Å². The Labute approximate surface area is 118 Å². The van der Waals surface area contributed by atoms with Crippen LogP contribution in [-0.2, 0) is 14.8 Å². The van der Waals surface area contributed by atoms with E-state index < -0.39 is 10.0 Å². The topological polar surface area (TPSA) is 121 Å². The van der Waals surface area contributed by atoms with Crippen LogP contribution in [0.2, 0.25) is 0 Å². The van der Waals surface area contributed by atoms with Crippen molar-refractivity contribution < 1.29 is 18.3 Å². The minimum atomic E-state index is -3.91. The number of amides is 1. The quantitative estimate of drug-likeness (QED) is 0.724. The van der Waals surface area contributed by atoms with Gasteiger partial charge in [0, 0.05) is 13.0 Å². The first kappa shape index (κ1) is 14.2. The Hall–Kier alpha value is -2.20. The Morgan fingerprint density at radius 3 is 2.75 bits per heavy atom. The maximum Gasteiger partial charge on any atom is 0.291 e. The van der Waals surface area contributed by atoms with E-state index in [9.17, 15) is 18.3 Å². The molecule has 0 bridgehead atoms. The molecule has 0 aliphatic carbocycles. The van der Waals surface area contributed by atoms with E-state index in [-0.39, 0.29) is 26.8 Å². The molecule has 8 nitrogen and oxygen atoms in total. The predicted octanol–water partition coefficient (Wildman–Crippen LogP) is 1.00. The first-order chi connectivity index (χ1) is 9.37. The first-order valence-corrected chi connectivity index (χ1v) is 7.60. The van der Waals surface area contributed by atoms with Crippen LogP contribution in [0.15, 0.2) is 28.6 Å². The second-order valence-corrected chi connectivity index (χ2v) is 6.54. The summed E-state index contributed by atoms with van der Waals surface area (Å²) in [6.07, 6.45) is 0. The molecule has 106 valence electrons. The van der Waals surface area contributed by atoms with E-state index in [1.54, 1.807) is 0 Å². The van der Waals surface area contributed by atoms with Crippen LogP contribution in [0.25, 0.3) is 0 Å². The number of aromatic hydroxyl groups is 1. The molecule has 1 heterocycles. The summed E-state index contributed by atoms with van der Waals surface area (Å²) >= 11 is 0.724. The molecule has 2 rings (SSSR count). The van der Waals surface area contributed by atoms with Gasteiger partial charge in [0.1, 0.15) is 5.75 Å². The summed E-state index contributed by atoms with van der Waals surface area (Å²) in [5.74, 6) is -0.438. The summed E-state index contributed by atoms with van der Waals surface area (Å²) in [4.78, 5) is 10.8. The lowest BCUT2D eigenvalue weighted by Crippen LogP contribution is -2.12. The molecule has 0 fully saturated rings. The number of sulfonamides is 1. The van der Waals surface area contributed by atoms with Crippen molar-refractivity contribution in [2.45, 2.75) is 11.3 Å². The van der Waals surface area contributed by atoms with Crippen LogP contribution in [0.3, 0.4) is 0 Å². The van der Waals surface area contributed by atoms with Gasteiger partial charge >= 0.3 is 0 Å². The molecule has 10 heteroatoms. The van der Waals surface area contributed by atoms with Crippen molar-refractivity contribution in [1.82, 2.24) is 10.2 Å². The summed E-state index contributed by atoms with van der Waals surface area (Å²) in [5.41, 5.74) is 0.196. The van der Waals surface area contributed by atoms with Crippen molar-refractivity contribution >= 4 is 38.1 Å². The van der Waals surface area contributed by atoms with Gasteiger partial charge in [-0.05, 0) is 12.1 Å². The maximum atomic E-state index is 12.0. The highest BCUT2D eigenvalue weighted by Gasteiger charge is 2.20. The second kappa shape index (κ2) is 5.43. The molecule has 20 heavy (non-hydrogen) atoms. The van der Waals surface area contributed by atoms with Gasteiger partial charge in [0.05, 0.1) is 5.69 Å². The highest BCUT2D eigenvalue weighted by Crippen LogP contribution is 2.23. The molecule has 0 radical (unpaired) electrons. The molecular formula is C10H10N4O4S2. The molecule has 2 aromatic rings. The van der Waals surface area contributed by atoms with Gasteiger partial charge in [-0.3, -0.25) is 9.52 Å². The Bertz CT molecular complexity index is 741. The van der Waals surface area contributed by atoms with E-state index in [4.69, 9.17) is 0 Å². The average Bonchev–Trinajstić information content (AvgIpc) is 2.76. The third-order valence-electron chi connectivity index (χ3n) is 2.02. The molecule has 0 aliphatic heterocycles. The van der Waals surface area contributed by atoms with Crippen LogP contribution < -0.4 is 10.0 Å². The van der Waals surface area contributed by atoms with Crippen LogP contribution in [0.1, 0.15) is 6.92 Å². The number of benzene rings is 1. The fraction of sp³-hybridized carbons (Fsp3) is 0.100. The second-order valence-electron chi connectivity index (χ2n) is 3.71. The van der Waals surface area contributed by atoms with E-state index >= 15 is 0 Å². The Balaban J connectivity index is 2.22. The predicted molar refractivity (Wildman–Crippen MR) is 73.1 cm³/mol. The molecule has 1 amide bonds. The first-order valence-electron chi connectivity index (χ1n) is 5.30. The fourth-order valence-corrected chi connectivity index (χ4v) is 3.28. The highest BCUT2D eigenvalue weighted by atomic mass is 32.2. The van der Waals surface area contributed by atoms with Gasteiger partial charge < -0.3 is 10.4 Å². The number of nitrogens with zero attached hydrogens (tertiary/aromatic N) is 2. The zero-order valence-electron chi connectivity index (χ0n) is 10.2. The Kier molecular flexibility index (Phi) is 3.86. The summed E-state index contributed by atoms with van der Waals surface area (Å²) in [6.45, 7) is 1.28. The van der Waals surface area contributed by atoms with Crippen LogP contribution in [0, 0.1) is 0 Å². The largest absolute Gasteiger partial charge is 0.508 e. The van der Waals surface area contributed by atoms with Gasteiger partial charge in [-0.1, -0.05) is 17.4 Å². The summed E-state index contributed by atoms with van der Waals surface area (Å²) < 4.78 is 26.0. The zero-order chi connectivity index (χ0) is 14.8. The van der Waals surface area contributed by atoms with E-state index in [2.05, 4.69) is 20.2 Å². The van der Waals surface area contributed by atoms with Gasteiger partial charge in [0.2, 0.25) is 11.0 Å². The monoisotopic (exact) mass is 314 g/mol. The number of carbonyl (C=O) groups is 1. The van der Waals surface area contributed by atoms with Crippen molar-refractivity contribution in [2.75, 3.05) is 10.0 Å². The van der Waals surface area contributed by atoms with Gasteiger partial charge in [-0.2, -0.15) is 8.42 Å². The molecule has 0 unspecified atom stereocenters. The number of nitrogens with one attached hydrogen (secondary N) is 2. The fourth-order valence-electron chi connectivity index (χ4n) is 1.29. The van der Waals surface area contributed by atoms with Crippen molar-refractivity contribution in [3.8, 4) is 5.75 Å². The lowest BCUT2D eigenvalue weighted by atomic mass is 10.3. The third kappa shape index (κ3) is 3.42. The van der Waals surface area contributed by atoms with Crippen molar-refractivity contribution in [3.05, 3.63) is 24.3 Å². The van der Waals surface area contributed by atoms with Gasteiger partial charge in [0.15, 0.2) is 0 Å². The molecule has 1 aromatic heterocycles. The SMILES string of the molecule is CC(=O)Nc1nnc(S(=O)(=O)Nc2cccc(O)c2)s1. The highest BCUT2D eigenvalue weighted by molar-refractivity contribution is 7.94. The number of hydrogen-bond acceptors (Lipinski definition) is 7. The Morgan fingerprint density at radius 2 is 2.10 bits per heavy atom. The van der Waals surface area contributed by atoms with Crippen molar-refractivity contribution in [1.29, 1.82) is 0 Å². The zero-order valence-corrected chi connectivity index (χ0v) is 11.8. The minimum Gasteiger partial charge on any atom is -0.508 e. The van der Waals surface area contributed by atoms with Crippen molar-refractivity contribution in [3.63, 3.8) is 0 Å². The molecule has 3 N–H and O–H groups in total. The molecule has 1 aromatic carbocycles. The number of aromatic nitrogens is 2. The summed E-state index contributed by atoms with van der Waals surface area (Å²) in [5, 5.41) is 18.8. The standard InChI is InChI=1S/C10H10N4O4S2/c1-6(15)11-9-12-13-10(19-9)20(17,18)14-7-3-2-4-8(16)5-7/h2-5,14,16H,1H3,(H,11,12,15). The molecular weight excluding hydrogens is 304 g/mol. The summed E-state index contributed by atoms with van der Waals surface area (Å²) in [6, 6.07) is 5.65. The van der Waals surface area contributed by atoms with Gasteiger partial charge in [-0.15, -0.1) is 10.2 Å². The van der Waals surface area contributed by atoms with E-state index in [0.717, 1.165) is 11.3 Å². The number of rotatable bonds is 4. The number of carbonyl (C=O) groups excluding carboxylic acids is 1. The third-order valence-corrected chi connectivity index (χ3v) is 4.61. The lowest BCUT2D eigenvalue weighted by Gasteiger charge is -2.04. The smallest absolute Gasteiger partial charge is 0.291 e. The molecule has 0 saturated heterocycles. The summed E-state index contributed by atoms with van der Waals surface area (Å²) in [7, 11) is -3.91. The van der Waals surface area contributed by atoms with Crippen LogP contribution in [0.4, 0.5) is 10.8 Å². The molecule has 0 aliphatic rings. The van der Waals surface area contributed by atoms with Gasteiger partial charge in [0.25, 0.3) is 14.4 Å². The van der Waals surface area contributed by atoms with Crippen LogP contribution in [0.5, 0.6) is 5.75 Å². The molecule has 0 spiro atoms. The number of phenolic OH excluding ortho intramolecular Hbond substituents is 1. The minimum absolute atomic E-state index is 0.0681. The molecule has 0 saturated carbocycles. The van der Waals surface area contributed by atoms with E-state index in [1.165, 1.54) is 31.2 Å². The van der Waals surface area contributed by atoms with E-state index in [1.807, 2.05) is 0 Å². The van der Waals surface area contributed by atoms with Crippen LogP contribution in [-0.4, -0.2) is 29.6 Å². The van der Waals surface area contributed by atoms with Crippen molar-refractivity contribution in [2.24, 2.45) is 0 Å². The maximum absolute atomic E-state index is 12.0. The number of phenols is 1. The number of anilines is 2. The normalized spacial score (nSPS) is 11.1. The Morgan fingerprint density at radius 1 is 1.35 bits per heavy atom. The molecule has 0 atom stereocenters. The lowest BCUT2D eigenvalue weighted by molar-refractivity contribution is -0.114. The van der Waals surface area contributed by atoms with Crippen LogP contribution >= 0.6 is 11.3 Å².